The second kappa shape index (κ2) is 6.11. The number of amides is 1. The highest BCUT2D eigenvalue weighted by Gasteiger charge is 2.12. The van der Waals surface area contributed by atoms with Crippen molar-refractivity contribution in [3.63, 3.8) is 0 Å². The van der Waals surface area contributed by atoms with Crippen LogP contribution in [0.2, 0.25) is 0 Å². The molecule has 0 aliphatic rings. The number of hydrogen-bond donors (Lipinski definition) is 1. The standard InChI is InChI=1S/C16H15N3O2S/c1-3-11-8-14(22-10(11)2)15(20)18-13-6-4-5-12(7-13)16-19-17-9-21-16/h4-9H,3H2,1-2H3,(H,18,20). The Morgan fingerprint density at radius 3 is 2.91 bits per heavy atom. The monoisotopic (exact) mass is 313 g/mol. The number of hydrogen-bond acceptors (Lipinski definition) is 5. The minimum absolute atomic E-state index is 0.101. The lowest BCUT2D eigenvalue weighted by molar-refractivity contribution is 0.103. The zero-order valence-corrected chi connectivity index (χ0v) is 13.1. The van der Waals surface area contributed by atoms with Crippen LogP contribution in [0.15, 0.2) is 41.1 Å². The molecule has 1 amide bonds. The minimum atomic E-state index is -0.101. The lowest BCUT2D eigenvalue weighted by Gasteiger charge is -2.04. The fraction of sp³-hybridized carbons (Fsp3) is 0.188. The number of thiophene rings is 1. The first-order valence-electron chi connectivity index (χ1n) is 6.94. The number of benzene rings is 1. The second-order valence-electron chi connectivity index (χ2n) is 4.82. The lowest BCUT2D eigenvalue weighted by Crippen LogP contribution is -2.10. The molecule has 0 saturated carbocycles. The zero-order chi connectivity index (χ0) is 15.5. The van der Waals surface area contributed by atoms with Crippen molar-refractivity contribution in [3.05, 3.63) is 52.0 Å². The van der Waals surface area contributed by atoms with Gasteiger partial charge in [0.05, 0.1) is 4.88 Å². The van der Waals surface area contributed by atoms with Crippen LogP contribution in [0.25, 0.3) is 11.5 Å². The molecule has 0 saturated heterocycles. The molecule has 6 heteroatoms. The van der Waals surface area contributed by atoms with Gasteiger partial charge in [0.15, 0.2) is 0 Å². The molecule has 0 spiro atoms. The summed E-state index contributed by atoms with van der Waals surface area (Å²) in [4.78, 5) is 14.2. The smallest absolute Gasteiger partial charge is 0.265 e. The molecule has 1 N–H and O–H groups in total. The predicted octanol–water partition coefficient (Wildman–Crippen LogP) is 3.92. The summed E-state index contributed by atoms with van der Waals surface area (Å²) < 4.78 is 5.16. The highest BCUT2D eigenvalue weighted by Crippen LogP contribution is 2.24. The van der Waals surface area contributed by atoms with Gasteiger partial charge in [0, 0.05) is 16.1 Å². The van der Waals surface area contributed by atoms with Crippen LogP contribution in [0.1, 0.15) is 27.0 Å². The maximum Gasteiger partial charge on any atom is 0.265 e. The van der Waals surface area contributed by atoms with Gasteiger partial charge >= 0.3 is 0 Å². The molecule has 112 valence electrons. The molecule has 0 atom stereocenters. The molecule has 0 aliphatic carbocycles. The van der Waals surface area contributed by atoms with Gasteiger partial charge in [-0.25, -0.2) is 0 Å². The van der Waals surface area contributed by atoms with Crippen molar-refractivity contribution in [1.29, 1.82) is 0 Å². The molecule has 2 heterocycles. The Hall–Kier alpha value is -2.47. The van der Waals surface area contributed by atoms with Gasteiger partial charge in [-0.3, -0.25) is 4.79 Å². The summed E-state index contributed by atoms with van der Waals surface area (Å²) in [5, 5.41) is 10.4. The maximum absolute atomic E-state index is 12.3. The largest absolute Gasteiger partial charge is 0.423 e. The van der Waals surface area contributed by atoms with Crippen molar-refractivity contribution in [2.45, 2.75) is 20.3 Å². The van der Waals surface area contributed by atoms with Gasteiger partial charge in [-0.2, -0.15) is 0 Å². The molecule has 2 aromatic heterocycles. The van der Waals surface area contributed by atoms with Crippen LogP contribution in [0.5, 0.6) is 0 Å². The normalized spacial score (nSPS) is 10.6. The summed E-state index contributed by atoms with van der Waals surface area (Å²) in [5.41, 5.74) is 2.69. The fourth-order valence-corrected chi connectivity index (χ4v) is 3.21. The number of carbonyl (C=O) groups is 1. The number of aryl methyl sites for hydroxylation is 2. The third-order valence-corrected chi connectivity index (χ3v) is 4.44. The van der Waals surface area contributed by atoms with Gasteiger partial charge in [0.2, 0.25) is 12.3 Å². The summed E-state index contributed by atoms with van der Waals surface area (Å²) in [7, 11) is 0. The van der Waals surface area contributed by atoms with E-state index in [2.05, 4.69) is 22.4 Å². The van der Waals surface area contributed by atoms with E-state index >= 15 is 0 Å². The fourth-order valence-electron chi connectivity index (χ4n) is 2.20. The number of anilines is 1. The number of nitrogens with one attached hydrogen (secondary N) is 1. The summed E-state index contributed by atoms with van der Waals surface area (Å²) in [6.45, 7) is 4.13. The Kier molecular flexibility index (Phi) is 4.02. The van der Waals surface area contributed by atoms with Crippen LogP contribution in [0, 0.1) is 6.92 Å². The molecular weight excluding hydrogens is 298 g/mol. The second-order valence-corrected chi connectivity index (χ2v) is 6.08. The lowest BCUT2D eigenvalue weighted by atomic mass is 10.2. The first-order valence-corrected chi connectivity index (χ1v) is 7.76. The average molecular weight is 313 g/mol. The van der Waals surface area contributed by atoms with Crippen molar-refractivity contribution in [1.82, 2.24) is 10.2 Å². The van der Waals surface area contributed by atoms with Crippen molar-refractivity contribution in [2.75, 3.05) is 5.32 Å². The molecule has 3 rings (SSSR count). The average Bonchev–Trinajstić information content (AvgIpc) is 3.16. The summed E-state index contributed by atoms with van der Waals surface area (Å²) in [6, 6.07) is 9.29. The summed E-state index contributed by atoms with van der Waals surface area (Å²) >= 11 is 1.52. The molecule has 0 fully saturated rings. The van der Waals surface area contributed by atoms with Crippen LogP contribution in [0.3, 0.4) is 0 Å². The van der Waals surface area contributed by atoms with Crippen LogP contribution in [-0.2, 0) is 6.42 Å². The highest BCUT2D eigenvalue weighted by molar-refractivity contribution is 7.14. The number of carbonyl (C=O) groups excluding carboxylic acids is 1. The van der Waals surface area contributed by atoms with E-state index in [1.54, 1.807) is 0 Å². The van der Waals surface area contributed by atoms with E-state index in [1.807, 2.05) is 37.3 Å². The van der Waals surface area contributed by atoms with Gasteiger partial charge < -0.3 is 9.73 Å². The van der Waals surface area contributed by atoms with Crippen LogP contribution in [-0.4, -0.2) is 16.1 Å². The quantitative estimate of drug-likeness (QED) is 0.792. The molecule has 3 aromatic rings. The maximum atomic E-state index is 12.3. The Morgan fingerprint density at radius 2 is 2.23 bits per heavy atom. The Labute approximate surface area is 132 Å². The van der Waals surface area contributed by atoms with Gasteiger partial charge in [0.1, 0.15) is 0 Å². The Morgan fingerprint density at radius 1 is 1.36 bits per heavy atom. The molecule has 0 bridgehead atoms. The molecule has 0 aliphatic heterocycles. The minimum Gasteiger partial charge on any atom is -0.423 e. The highest BCUT2D eigenvalue weighted by atomic mass is 32.1. The van der Waals surface area contributed by atoms with Gasteiger partial charge in [-0.15, -0.1) is 21.5 Å². The number of rotatable bonds is 4. The van der Waals surface area contributed by atoms with Crippen LogP contribution >= 0.6 is 11.3 Å². The molecule has 5 nitrogen and oxygen atoms in total. The first-order chi connectivity index (χ1) is 10.7. The van der Waals surface area contributed by atoms with Crippen LogP contribution in [0.4, 0.5) is 5.69 Å². The van der Waals surface area contributed by atoms with E-state index in [4.69, 9.17) is 4.42 Å². The van der Waals surface area contributed by atoms with Crippen LogP contribution < -0.4 is 5.32 Å². The van der Waals surface area contributed by atoms with E-state index in [1.165, 1.54) is 28.2 Å². The number of nitrogens with zero attached hydrogens (tertiary/aromatic N) is 2. The molecule has 0 radical (unpaired) electrons. The zero-order valence-electron chi connectivity index (χ0n) is 12.3. The Bertz CT molecular complexity index is 794. The van der Waals surface area contributed by atoms with Gasteiger partial charge in [-0.1, -0.05) is 13.0 Å². The number of aromatic nitrogens is 2. The van der Waals surface area contributed by atoms with Crippen molar-refractivity contribution in [2.24, 2.45) is 0 Å². The van der Waals surface area contributed by atoms with Gasteiger partial charge in [0.25, 0.3) is 5.91 Å². The van der Waals surface area contributed by atoms with Crippen molar-refractivity contribution in [3.8, 4) is 11.5 Å². The van der Waals surface area contributed by atoms with E-state index in [0.717, 1.165) is 16.9 Å². The Balaban J connectivity index is 1.80. The molecule has 0 unspecified atom stereocenters. The van der Waals surface area contributed by atoms with E-state index < -0.39 is 0 Å². The van der Waals surface area contributed by atoms with E-state index in [9.17, 15) is 4.79 Å². The van der Waals surface area contributed by atoms with E-state index in [0.29, 0.717) is 11.6 Å². The summed E-state index contributed by atoms with van der Waals surface area (Å²) in [5.74, 6) is 0.326. The third kappa shape index (κ3) is 2.92. The molecular formula is C16H15N3O2S. The third-order valence-electron chi connectivity index (χ3n) is 3.35. The van der Waals surface area contributed by atoms with Crippen molar-refractivity contribution < 1.29 is 9.21 Å². The molecule has 1 aromatic carbocycles. The van der Waals surface area contributed by atoms with E-state index in [-0.39, 0.29) is 5.91 Å². The van der Waals surface area contributed by atoms with Crippen molar-refractivity contribution >= 4 is 22.9 Å². The topological polar surface area (TPSA) is 68.0 Å². The summed E-state index contributed by atoms with van der Waals surface area (Å²) in [6.07, 6.45) is 2.21. The first kappa shape index (κ1) is 14.5. The van der Waals surface area contributed by atoms with Gasteiger partial charge in [-0.05, 0) is 43.2 Å². The SMILES string of the molecule is CCc1cc(C(=O)Nc2cccc(-c3nnco3)c2)sc1C. The molecule has 22 heavy (non-hydrogen) atoms. The predicted molar refractivity (Wildman–Crippen MR) is 86.1 cm³/mol.